The summed E-state index contributed by atoms with van der Waals surface area (Å²) in [6.07, 6.45) is 0. The molecule has 1 aromatic heterocycles. The summed E-state index contributed by atoms with van der Waals surface area (Å²) in [4.78, 5) is 17.7. The maximum atomic E-state index is 11.5. The van der Waals surface area contributed by atoms with Gasteiger partial charge in [0.1, 0.15) is 10.0 Å². The molecular weight excluding hydrogens is 262 g/mol. The van der Waals surface area contributed by atoms with Crippen LogP contribution in [-0.4, -0.2) is 32.2 Å². The number of anilines is 2. The molecule has 0 fully saturated rings. The van der Waals surface area contributed by atoms with Crippen molar-refractivity contribution in [2.75, 3.05) is 31.8 Å². The van der Waals surface area contributed by atoms with Gasteiger partial charge in [-0.15, -0.1) is 0 Å². The van der Waals surface area contributed by atoms with E-state index in [0.717, 1.165) is 11.3 Å². The smallest absolute Gasteiger partial charge is 0.359 e. The van der Waals surface area contributed by atoms with E-state index in [1.165, 1.54) is 18.4 Å². The maximum absolute atomic E-state index is 11.5. The zero-order chi connectivity index (χ0) is 14.0. The lowest BCUT2D eigenvalue weighted by atomic mass is 10.2. The van der Waals surface area contributed by atoms with Gasteiger partial charge in [0.05, 0.1) is 7.11 Å². The van der Waals surface area contributed by atoms with Crippen LogP contribution in [0.15, 0.2) is 24.3 Å². The molecule has 0 aliphatic carbocycles. The van der Waals surface area contributed by atoms with E-state index >= 15 is 0 Å². The molecule has 2 N–H and O–H groups in total. The number of carbonyl (C=O) groups excluding carboxylic acids is 1. The summed E-state index contributed by atoms with van der Waals surface area (Å²) in [7, 11) is 5.25. The zero-order valence-corrected chi connectivity index (χ0v) is 11.8. The summed E-state index contributed by atoms with van der Waals surface area (Å²) in [6.45, 7) is 0. The first kappa shape index (κ1) is 13.4. The Balaban J connectivity index is 2.42. The van der Waals surface area contributed by atoms with Gasteiger partial charge in [0.25, 0.3) is 0 Å². The second-order valence-corrected chi connectivity index (χ2v) is 5.20. The van der Waals surface area contributed by atoms with E-state index in [2.05, 4.69) is 9.72 Å². The highest BCUT2D eigenvalue weighted by Gasteiger charge is 2.17. The molecule has 19 heavy (non-hydrogen) atoms. The number of methoxy groups -OCH3 is 1. The number of carbonyl (C=O) groups is 1. The summed E-state index contributed by atoms with van der Waals surface area (Å²) in [6, 6.07) is 7.88. The predicted molar refractivity (Wildman–Crippen MR) is 77.6 cm³/mol. The monoisotopic (exact) mass is 277 g/mol. The minimum Gasteiger partial charge on any atom is -0.464 e. The highest BCUT2D eigenvalue weighted by Crippen LogP contribution is 2.31. The second-order valence-electron chi connectivity index (χ2n) is 4.17. The van der Waals surface area contributed by atoms with E-state index in [0.29, 0.717) is 10.0 Å². The highest BCUT2D eigenvalue weighted by atomic mass is 32.1. The molecule has 6 heteroatoms. The Morgan fingerprint density at radius 2 is 2.16 bits per heavy atom. The summed E-state index contributed by atoms with van der Waals surface area (Å²) >= 11 is 1.28. The molecule has 0 unspecified atom stereocenters. The normalized spacial score (nSPS) is 10.3. The highest BCUT2D eigenvalue weighted by molar-refractivity contribution is 7.19. The van der Waals surface area contributed by atoms with Gasteiger partial charge in [-0.3, -0.25) is 0 Å². The van der Waals surface area contributed by atoms with Gasteiger partial charge in [0.15, 0.2) is 5.69 Å². The van der Waals surface area contributed by atoms with E-state index in [-0.39, 0.29) is 5.69 Å². The summed E-state index contributed by atoms with van der Waals surface area (Å²) < 4.78 is 4.65. The standard InChI is InChI=1S/C13H15N3O2S/c1-16(2)9-6-4-5-8(7-9)12-15-10(11(14)19-12)13(17)18-3/h4-7H,14H2,1-3H3. The van der Waals surface area contributed by atoms with Crippen LogP contribution < -0.4 is 10.6 Å². The molecule has 0 aliphatic heterocycles. The Morgan fingerprint density at radius 3 is 2.79 bits per heavy atom. The third kappa shape index (κ3) is 2.68. The number of hydrogen-bond acceptors (Lipinski definition) is 6. The Hall–Kier alpha value is -2.08. The Labute approximate surface area is 115 Å². The van der Waals surface area contributed by atoms with Crippen molar-refractivity contribution >= 4 is 28.0 Å². The van der Waals surface area contributed by atoms with Crippen molar-refractivity contribution in [2.45, 2.75) is 0 Å². The molecule has 0 saturated heterocycles. The van der Waals surface area contributed by atoms with Gasteiger partial charge in [-0.25, -0.2) is 9.78 Å². The second kappa shape index (κ2) is 5.27. The molecule has 1 heterocycles. The van der Waals surface area contributed by atoms with Crippen molar-refractivity contribution in [3.8, 4) is 10.6 Å². The molecule has 0 radical (unpaired) electrons. The van der Waals surface area contributed by atoms with Crippen molar-refractivity contribution in [1.82, 2.24) is 4.98 Å². The van der Waals surface area contributed by atoms with Gasteiger partial charge >= 0.3 is 5.97 Å². The fourth-order valence-corrected chi connectivity index (χ4v) is 2.43. The number of aromatic nitrogens is 1. The Kier molecular flexibility index (Phi) is 3.71. The summed E-state index contributed by atoms with van der Waals surface area (Å²) in [5.41, 5.74) is 7.97. The molecule has 2 aromatic rings. The van der Waals surface area contributed by atoms with E-state index in [4.69, 9.17) is 5.73 Å². The molecule has 0 amide bonds. The first-order valence-electron chi connectivity index (χ1n) is 5.65. The Bertz CT molecular complexity index is 608. The van der Waals surface area contributed by atoms with Crippen LogP contribution in [0.5, 0.6) is 0 Å². The average molecular weight is 277 g/mol. The number of nitrogens with zero attached hydrogens (tertiary/aromatic N) is 2. The quantitative estimate of drug-likeness (QED) is 0.871. The largest absolute Gasteiger partial charge is 0.464 e. The van der Waals surface area contributed by atoms with Gasteiger partial charge in [0, 0.05) is 25.3 Å². The van der Waals surface area contributed by atoms with Gasteiger partial charge in [0.2, 0.25) is 0 Å². The predicted octanol–water partition coefficient (Wildman–Crippen LogP) is 2.24. The third-order valence-electron chi connectivity index (χ3n) is 2.64. The third-order valence-corrected chi connectivity index (χ3v) is 3.58. The number of hydrogen-bond donors (Lipinski definition) is 1. The molecule has 0 bridgehead atoms. The van der Waals surface area contributed by atoms with Crippen molar-refractivity contribution in [2.24, 2.45) is 0 Å². The van der Waals surface area contributed by atoms with Crippen molar-refractivity contribution < 1.29 is 9.53 Å². The lowest BCUT2D eigenvalue weighted by molar-refractivity contribution is 0.0596. The zero-order valence-electron chi connectivity index (χ0n) is 11.0. The fraction of sp³-hybridized carbons (Fsp3) is 0.231. The minimum atomic E-state index is -0.510. The van der Waals surface area contributed by atoms with Crippen LogP contribution in [0.25, 0.3) is 10.6 Å². The average Bonchev–Trinajstić information content (AvgIpc) is 2.80. The number of esters is 1. The van der Waals surface area contributed by atoms with Gasteiger partial charge < -0.3 is 15.4 Å². The summed E-state index contributed by atoms with van der Waals surface area (Å²) in [5.74, 6) is -0.510. The van der Waals surface area contributed by atoms with Crippen LogP contribution in [0.1, 0.15) is 10.5 Å². The number of thiazole rings is 1. The van der Waals surface area contributed by atoms with Crippen molar-refractivity contribution in [3.63, 3.8) is 0 Å². The minimum absolute atomic E-state index is 0.178. The number of rotatable bonds is 3. The molecule has 100 valence electrons. The molecule has 2 rings (SSSR count). The first-order chi connectivity index (χ1) is 9.02. The Morgan fingerprint density at radius 1 is 1.42 bits per heavy atom. The number of nitrogens with two attached hydrogens (primary N) is 1. The van der Waals surface area contributed by atoms with Crippen LogP contribution in [0.4, 0.5) is 10.7 Å². The molecule has 0 saturated carbocycles. The summed E-state index contributed by atoms with van der Waals surface area (Å²) in [5, 5.41) is 1.08. The lowest BCUT2D eigenvalue weighted by Gasteiger charge is -2.12. The van der Waals surface area contributed by atoms with Crippen molar-refractivity contribution in [3.05, 3.63) is 30.0 Å². The van der Waals surface area contributed by atoms with Crippen LogP contribution in [0, 0.1) is 0 Å². The van der Waals surface area contributed by atoms with Gasteiger partial charge in [-0.05, 0) is 12.1 Å². The van der Waals surface area contributed by atoms with E-state index < -0.39 is 5.97 Å². The lowest BCUT2D eigenvalue weighted by Crippen LogP contribution is -2.08. The van der Waals surface area contributed by atoms with Crippen LogP contribution in [0.3, 0.4) is 0 Å². The van der Waals surface area contributed by atoms with Crippen LogP contribution in [-0.2, 0) is 4.74 Å². The van der Waals surface area contributed by atoms with Gasteiger partial charge in [-0.2, -0.15) is 0 Å². The number of benzene rings is 1. The first-order valence-corrected chi connectivity index (χ1v) is 6.47. The maximum Gasteiger partial charge on any atom is 0.359 e. The number of ether oxygens (including phenoxy) is 1. The van der Waals surface area contributed by atoms with Crippen LogP contribution >= 0.6 is 11.3 Å². The van der Waals surface area contributed by atoms with E-state index in [1.807, 2.05) is 43.3 Å². The molecule has 0 atom stereocenters. The van der Waals surface area contributed by atoms with Gasteiger partial charge in [-0.1, -0.05) is 23.5 Å². The van der Waals surface area contributed by atoms with E-state index in [9.17, 15) is 4.79 Å². The topological polar surface area (TPSA) is 68.5 Å². The molecule has 1 aromatic carbocycles. The van der Waals surface area contributed by atoms with Crippen molar-refractivity contribution in [1.29, 1.82) is 0 Å². The SMILES string of the molecule is COC(=O)c1nc(-c2cccc(N(C)C)c2)sc1N. The fourth-order valence-electron chi connectivity index (χ4n) is 1.62. The van der Waals surface area contributed by atoms with E-state index in [1.54, 1.807) is 0 Å². The molecule has 5 nitrogen and oxygen atoms in total. The molecule has 0 aliphatic rings. The number of nitrogen functional groups attached to an aromatic ring is 1. The molecule has 0 spiro atoms. The van der Waals surface area contributed by atoms with Crippen LogP contribution in [0.2, 0.25) is 0 Å². The molecular formula is C13H15N3O2S.